The monoisotopic (exact) mass is 413 g/mol. The van der Waals surface area contributed by atoms with Gasteiger partial charge in [-0.2, -0.15) is 5.10 Å². The molecule has 156 valence electrons. The van der Waals surface area contributed by atoms with Gasteiger partial charge in [-0.05, 0) is 55.7 Å². The van der Waals surface area contributed by atoms with Crippen LogP contribution in [0.25, 0.3) is 16.9 Å². The Morgan fingerprint density at radius 2 is 1.68 bits per heavy atom. The van der Waals surface area contributed by atoms with Crippen molar-refractivity contribution in [2.45, 2.75) is 19.3 Å². The van der Waals surface area contributed by atoms with Gasteiger partial charge >= 0.3 is 0 Å². The number of hydrogen-bond donors (Lipinski definition) is 2. The zero-order valence-corrected chi connectivity index (χ0v) is 17.0. The number of hydrogen-bond acceptors (Lipinski definition) is 6. The van der Waals surface area contributed by atoms with E-state index in [0.717, 1.165) is 30.0 Å². The molecule has 8 heteroatoms. The third kappa shape index (κ3) is 3.79. The summed E-state index contributed by atoms with van der Waals surface area (Å²) in [6.45, 7) is 2.24. The minimum atomic E-state index is -0.457. The fourth-order valence-electron chi connectivity index (χ4n) is 3.95. The average Bonchev–Trinajstić information content (AvgIpc) is 3.31. The van der Waals surface area contributed by atoms with Gasteiger partial charge in [0.1, 0.15) is 6.33 Å². The maximum absolute atomic E-state index is 11.3. The van der Waals surface area contributed by atoms with Gasteiger partial charge in [0.05, 0.1) is 11.9 Å². The maximum atomic E-state index is 11.3. The molecule has 31 heavy (non-hydrogen) atoms. The number of amides is 1. The van der Waals surface area contributed by atoms with E-state index in [2.05, 4.69) is 49.5 Å². The van der Waals surface area contributed by atoms with Crippen LogP contribution in [-0.2, 0) is 0 Å². The largest absolute Gasteiger partial charge is 0.372 e. The lowest BCUT2D eigenvalue weighted by Crippen LogP contribution is -2.29. The first kappa shape index (κ1) is 19.0. The highest BCUT2D eigenvalue weighted by atomic mass is 16.1. The summed E-state index contributed by atoms with van der Waals surface area (Å²) >= 11 is 0. The quantitative estimate of drug-likeness (QED) is 0.518. The second-order valence-corrected chi connectivity index (χ2v) is 7.65. The minimum absolute atomic E-state index is 0.456. The predicted molar refractivity (Wildman–Crippen MR) is 121 cm³/mol. The van der Waals surface area contributed by atoms with Crippen LogP contribution >= 0.6 is 0 Å². The molecule has 2 aromatic heterocycles. The normalized spacial score (nSPS) is 14.0. The van der Waals surface area contributed by atoms with Crippen molar-refractivity contribution >= 4 is 28.7 Å². The third-order valence-electron chi connectivity index (χ3n) is 5.62. The van der Waals surface area contributed by atoms with Crippen molar-refractivity contribution in [3.05, 3.63) is 66.6 Å². The molecule has 1 aliphatic rings. The molecule has 0 radical (unpaired) electrons. The summed E-state index contributed by atoms with van der Waals surface area (Å²) in [4.78, 5) is 22.7. The topological polar surface area (TPSA) is 101 Å². The van der Waals surface area contributed by atoms with Gasteiger partial charge in [-0.15, -0.1) is 0 Å². The van der Waals surface area contributed by atoms with Gasteiger partial charge < -0.3 is 16.0 Å². The van der Waals surface area contributed by atoms with Crippen molar-refractivity contribution in [1.29, 1.82) is 0 Å². The van der Waals surface area contributed by atoms with E-state index in [4.69, 9.17) is 5.73 Å². The van der Waals surface area contributed by atoms with Gasteiger partial charge in [0.2, 0.25) is 5.91 Å². The van der Waals surface area contributed by atoms with Crippen LogP contribution in [0.1, 0.15) is 29.6 Å². The number of rotatable bonds is 5. The van der Waals surface area contributed by atoms with E-state index in [1.165, 1.54) is 31.3 Å². The van der Waals surface area contributed by atoms with Crippen molar-refractivity contribution in [3.63, 3.8) is 0 Å². The lowest BCUT2D eigenvalue weighted by molar-refractivity contribution is 0.100. The van der Waals surface area contributed by atoms with Crippen molar-refractivity contribution in [2.75, 3.05) is 23.3 Å². The molecule has 0 spiro atoms. The summed E-state index contributed by atoms with van der Waals surface area (Å²) in [5.41, 5.74) is 10.2. The standard InChI is InChI=1S/C23H23N7O/c24-21(31)17-6-4-16(5-7-17)20-14-25-22(23-26-15-27-30(20)23)28-18-8-10-19(11-9-18)29-12-2-1-3-13-29/h4-11,14-15H,1-3,12-13H2,(H2,24,31)(H,25,28). The number of piperidine rings is 1. The number of nitrogens with two attached hydrogens (primary N) is 1. The van der Waals surface area contributed by atoms with E-state index in [1.807, 2.05) is 12.1 Å². The molecule has 0 unspecified atom stereocenters. The molecular weight excluding hydrogens is 390 g/mol. The van der Waals surface area contributed by atoms with Crippen LogP contribution < -0.4 is 16.0 Å². The maximum Gasteiger partial charge on any atom is 0.248 e. The molecule has 4 aromatic rings. The number of primary amides is 1. The van der Waals surface area contributed by atoms with Crippen molar-refractivity contribution in [1.82, 2.24) is 19.6 Å². The Kier molecular flexibility index (Phi) is 4.95. The van der Waals surface area contributed by atoms with E-state index >= 15 is 0 Å². The fourth-order valence-corrected chi connectivity index (χ4v) is 3.95. The molecule has 1 saturated heterocycles. The fraction of sp³-hybridized carbons (Fsp3) is 0.217. The molecule has 0 bridgehead atoms. The van der Waals surface area contributed by atoms with Gasteiger partial charge in [0.15, 0.2) is 11.5 Å². The van der Waals surface area contributed by atoms with E-state index in [9.17, 15) is 4.79 Å². The number of carbonyl (C=O) groups excluding carboxylic acids is 1. The number of carbonyl (C=O) groups is 1. The Balaban J connectivity index is 1.40. The van der Waals surface area contributed by atoms with Gasteiger partial charge in [-0.3, -0.25) is 4.79 Å². The van der Waals surface area contributed by atoms with Gasteiger partial charge in [0, 0.05) is 35.6 Å². The molecule has 1 aliphatic heterocycles. The highest BCUT2D eigenvalue weighted by molar-refractivity contribution is 5.93. The minimum Gasteiger partial charge on any atom is -0.372 e. The summed E-state index contributed by atoms with van der Waals surface area (Å²) in [6.07, 6.45) is 7.08. The molecular formula is C23H23N7O. The Morgan fingerprint density at radius 3 is 2.39 bits per heavy atom. The smallest absolute Gasteiger partial charge is 0.248 e. The molecule has 2 aromatic carbocycles. The average molecular weight is 413 g/mol. The number of nitrogens with zero attached hydrogens (tertiary/aromatic N) is 5. The molecule has 5 rings (SSSR count). The molecule has 8 nitrogen and oxygen atoms in total. The molecule has 0 aliphatic carbocycles. The Bertz CT molecular complexity index is 1210. The number of fused-ring (bicyclic) bond motifs is 1. The Hall–Kier alpha value is -3.94. The van der Waals surface area contributed by atoms with Crippen LogP contribution in [0.5, 0.6) is 0 Å². The molecule has 1 fully saturated rings. The molecule has 3 heterocycles. The number of aromatic nitrogens is 4. The first-order chi connectivity index (χ1) is 15.2. The predicted octanol–water partition coefficient (Wildman–Crippen LogP) is 3.62. The molecule has 1 amide bonds. The van der Waals surface area contributed by atoms with Crippen molar-refractivity contribution < 1.29 is 4.79 Å². The van der Waals surface area contributed by atoms with E-state index in [1.54, 1.807) is 22.8 Å². The van der Waals surface area contributed by atoms with E-state index in [-0.39, 0.29) is 0 Å². The SMILES string of the molecule is NC(=O)c1ccc(-c2cnc(Nc3ccc(N4CCCCC4)cc3)c3ncnn23)cc1. The second-order valence-electron chi connectivity index (χ2n) is 7.65. The molecule has 0 atom stereocenters. The van der Waals surface area contributed by atoms with Crippen molar-refractivity contribution in [3.8, 4) is 11.3 Å². The second kappa shape index (κ2) is 8.06. The highest BCUT2D eigenvalue weighted by Gasteiger charge is 2.14. The lowest BCUT2D eigenvalue weighted by Gasteiger charge is -2.28. The molecule has 0 saturated carbocycles. The summed E-state index contributed by atoms with van der Waals surface area (Å²) in [7, 11) is 0. The van der Waals surface area contributed by atoms with Gasteiger partial charge in [-0.25, -0.2) is 14.5 Å². The number of anilines is 3. The summed E-state index contributed by atoms with van der Waals surface area (Å²) < 4.78 is 1.73. The van der Waals surface area contributed by atoms with Crippen LogP contribution in [0.2, 0.25) is 0 Å². The summed E-state index contributed by atoms with van der Waals surface area (Å²) in [5, 5.41) is 7.71. The van der Waals surface area contributed by atoms with Crippen LogP contribution in [-0.4, -0.2) is 38.6 Å². The third-order valence-corrected chi connectivity index (χ3v) is 5.62. The highest BCUT2D eigenvalue weighted by Crippen LogP contribution is 2.26. The van der Waals surface area contributed by atoms with Crippen molar-refractivity contribution in [2.24, 2.45) is 5.73 Å². The summed E-state index contributed by atoms with van der Waals surface area (Å²) in [5.74, 6) is 0.169. The number of nitrogens with one attached hydrogen (secondary N) is 1. The van der Waals surface area contributed by atoms with Crippen LogP contribution in [0.4, 0.5) is 17.2 Å². The lowest BCUT2D eigenvalue weighted by atomic mass is 10.1. The van der Waals surface area contributed by atoms with E-state index in [0.29, 0.717) is 17.0 Å². The Labute approximate surface area is 179 Å². The van der Waals surface area contributed by atoms with Crippen LogP contribution in [0, 0.1) is 0 Å². The first-order valence-corrected chi connectivity index (χ1v) is 10.4. The van der Waals surface area contributed by atoms with Crippen LogP contribution in [0.15, 0.2) is 61.1 Å². The van der Waals surface area contributed by atoms with E-state index < -0.39 is 5.91 Å². The molecule has 3 N–H and O–H groups in total. The number of benzene rings is 2. The Morgan fingerprint density at radius 1 is 0.935 bits per heavy atom. The zero-order chi connectivity index (χ0) is 21.2. The first-order valence-electron chi connectivity index (χ1n) is 10.4. The van der Waals surface area contributed by atoms with Gasteiger partial charge in [-0.1, -0.05) is 12.1 Å². The summed E-state index contributed by atoms with van der Waals surface area (Å²) in [6, 6.07) is 15.4. The zero-order valence-electron chi connectivity index (χ0n) is 17.0. The van der Waals surface area contributed by atoms with Gasteiger partial charge in [0.25, 0.3) is 0 Å². The van der Waals surface area contributed by atoms with Crippen LogP contribution in [0.3, 0.4) is 0 Å².